The second-order valence-corrected chi connectivity index (χ2v) is 3.90. The van der Waals surface area contributed by atoms with Crippen molar-refractivity contribution in [3.8, 4) is 0 Å². The SMILES string of the molecule is CCCC(C)NC(=O)CNCCOCC(F)F. The van der Waals surface area contributed by atoms with E-state index in [0.29, 0.717) is 6.54 Å². The maximum atomic E-state index is 11.7. The number of hydrogen-bond donors (Lipinski definition) is 2. The van der Waals surface area contributed by atoms with Crippen molar-refractivity contribution >= 4 is 5.91 Å². The molecular weight excluding hydrogens is 230 g/mol. The van der Waals surface area contributed by atoms with Crippen molar-refractivity contribution in [3.05, 3.63) is 0 Å². The Morgan fingerprint density at radius 2 is 2.12 bits per heavy atom. The molecule has 0 heterocycles. The van der Waals surface area contributed by atoms with Gasteiger partial charge in [0.25, 0.3) is 6.43 Å². The van der Waals surface area contributed by atoms with E-state index in [1.807, 2.05) is 6.92 Å². The zero-order valence-corrected chi connectivity index (χ0v) is 10.5. The molecule has 0 aromatic rings. The minimum Gasteiger partial charge on any atom is -0.374 e. The Labute approximate surface area is 101 Å². The summed E-state index contributed by atoms with van der Waals surface area (Å²) in [5.41, 5.74) is 0. The first kappa shape index (κ1) is 16.2. The lowest BCUT2D eigenvalue weighted by atomic mass is 10.2. The maximum Gasteiger partial charge on any atom is 0.261 e. The number of hydrogen-bond acceptors (Lipinski definition) is 3. The zero-order valence-electron chi connectivity index (χ0n) is 10.5. The topological polar surface area (TPSA) is 50.4 Å². The van der Waals surface area contributed by atoms with Gasteiger partial charge in [0.15, 0.2) is 0 Å². The third-order valence-electron chi connectivity index (χ3n) is 2.08. The molecule has 0 saturated heterocycles. The summed E-state index contributed by atoms with van der Waals surface area (Å²) in [5, 5.41) is 5.65. The van der Waals surface area contributed by atoms with Crippen molar-refractivity contribution in [2.24, 2.45) is 0 Å². The van der Waals surface area contributed by atoms with Crippen LogP contribution in [0.5, 0.6) is 0 Å². The summed E-state index contributed by atoms with van der Waals surface area (Å²) in [7, 11) is 0. The van der Waals surface area contributed by atoms with Gasteiger partial charge in [0.05, 0.1) is 13.2 Å². The predicted octanol–water partition coefficient (Wildman–Crippen LogP) is 1.16. The van der Waals surface area contributed by atoms with Crippen molar-refractivity contribution in [1.29, 1.82) is 0 Å². The van der Waals surface area contributed by atoms with Crippen LogP contribution >= 0.6 is 0 Å². The van der Waals surface area contributed by atoms with Gasteiger partial charge in [-0.05, 0) is 13.3 Å². The third kappa shape index (κ3) is 11.5. The Bertz CT molecular complexity index is 204. The lowest BCUT2D eigenvalue weighted by molar-refractivity contribution is -0.120. The highest BCUT2D eigenvalue weighted by molar-refractivity contribution is 5.78. The minimum atomic E-state index is -2.44. The smallest absolute Gasteiger partial charge is 0.261 e. The van der Waals surface area contributed by atoms with Gasteiger partial charge >= 0.3 is 0 Å². The minimum absolute atomic E-state index is 0.0835. The molecule has 0 aromatic carbocycles. The number of alkyl halides is 2. The fraction of sp³-hybridized carbons (Fsp3) is 0.909. The van der Waals surface area contributed by atoms with Crippen LogP contribution < -0.4 is 10.6 Å². The van der Waals surface area contributed by atoms with Crippen LogP contribution in [0.25, 0.3) is 0 Å². The van der Waals surface area contributed by atoms with E-state index in [1.54, 1.807) is 0 Å². The fourth-order valence-corrected chi connectivity index (χ4v) is 1.35. The number of nitrogens with one attached hydrogen (secondary N) is 2. The van der Waals surface area contributed by atoms with Gasteiger partial charge in [-0.15, -0.1) is 0 Å². The van der Waals surface area contributed by atoms with Crippen LogP contribution in [-0.4, -0.2) is 44.7 Å². The highest BCUT2D eigenvalue weighted by Crippen LogP contribution is 1.94. The van der Waals surface area contributed by atoms with Gasteiger partial charge in [-0.2, -0.15) is 0 Å². The first-order valence-electron chi connectivity index (χ1n) is 5.92. The zero-order chi connectivity index (χ0) is 13.1. The van der Waals surface area contributed by atoms with Crippen LogP contribution in [0, 0.1) is 0 Å². The Hall–Kier alpha value is -0.750. The Kier molecular flexibility index (Phi) is 9.95. The van der Waals surface area contributed by atoms with Gasteiger partial charge < -0.3 is 15.4 Å². The standard InChI is InChI=1S/C11H22F2N2O2/c1-3-4-9(2)15-11(16)7-14-5-6-17-8-10(12)13/h9-10,14H,3-8H2,1-2H3,(H,15,16). The van der Waals surface area contributed by atoms with E-state index in [0.717, 1.165) is 12.8 Å². The number of amides is 1. The van der Waals surface area contributed by atoms with Gasteiger partial charge in [-0.1, -0.05) is 13.3 Å². The van der Waals surface area contributed by atoms with Gasteiger partial charge in [-0.3, -0.25) is 4.79 Å². The number of halogens is 2. The molecule has 0 spiro atoms. The molecule has 1 atom stereocenters. The van der Waals surface area contributed by atoms with Crippen LogP contribution in [0.4, 0.5) is 8.78 Å². The van der Waals surface area contributed by atoms with Crippen molar-refractivity contribution in [2.45, 2.75) is 39.2 Å². The molecule has 17 heavy (non-hydrogen) atoms. The second kappa shape index (κ2) is 10.4. The highest BCUT2D eigenvalue weighted by atomic mass is 19.3. The molecule has 0 bridgehead atoms. The van der Waals surface area contributed by atoms with Crippen molar-refractivity contribution in [1.82, 2.24) is 10.6 Å². The molecule has 0 aromatic heterocycles. The van der Waals surface area contributed by atoms with Crippen LogP contribution in [0.1, 0.15) is 26.7 Å². The fourth-order valence-electron chi connectivity index (χ4n) is 1.35. The summed E-state index contributed by atoms with van der Waals surface area (Å²) in [6.07, 6.45) is -0.465. The van der Waals surface area contributed by atoms with Gasteiger partial charge in [0.2, 0.25) is 5.91 Å². The van der Waals surface area contributed by atoms with Crippen molar-refractivity contribution in [3.63, 3.8) is 0 Å². The highest BCUT2D eigenvalue weighted by Gasteiger charge is 2.05. The number of rotatable bonds is 10. The molecule has 0 aliphatic heterocycles. The summed E-state index contributed by atoms with van der Waals surface area (Å²) >= 11 is 0. The van der Waals surface area contributed by atoms with Gasteiger partial charge in [0.1, 0.15) is 6.61 Å². The molecule has 2 N–H and O–H groups in total. The normalized spacial score (nSPS) is 12.8. The quantitative estimate of drug-likeness (QED) is 0.574. The predicted molar refractivity (Wildman–Crippen MR) is 62.2 cm³/mol. The van der Waals surface area contributed by atoms with Crippen LogP contribution in [0.15, 0.2) is 0 Å². The van der Waals surface area contributed by atoms with Gasteiger partial charge in [-0.25, -0.2) is 8.78 Å². The molecule has 1 amide bonds. The van der Waals surface area contributed by atoms with Crippen LogP contribution in [0.3, 0.4) is 0 Å². The van der Waals surface area contributed by atoms with E-state index in [2.05, 4.69) is 22.3 Å². The Morgan fingerprint density at radius 3 is 2.71 bits per heavy atom. The lowest BCUT2D eigenvalue weighted by Gasteiger charge is -2.13. The van der Waals surface area contributed by atoms with E-state index in [-0.39, 0.29) is 25.1 Å². The van der Waals surface area contributed by atoms with E-state index < -0.39 is 13.0 Å². The summed E-state index contributed by atoms with van der Waals surface area (Å²) in [5.74, 6) is -0.0835. The summed E-state index contributed by atoms with van der Waals surface area (Å²) in [6.45, 7) is 4.21. The summed E-state index contributed by atoms with van der Waals surface area (Å²) < 4.78 is 28.0. The van der Waals surface area contributed by atoms with Crippen molar-refractivity contribution in [2.75, 3.05) is 26.3 Å². The van der Waals surface area contributed by atoms with Crippen LogP contribution in [-0.2, 0) is 9.53 Å². The van der Waals surface area contributed by atoms with E-state index >= 15 is 0 Å². The largest absolute Gasteiger partial charge is 0.374 e. The molecule has 4 nitrogen and oxygen atoms in total. The number of ether oxygens (including phenoxy) is 1. The summed E-state index contributed by atoms with van der Waals surface area (Å²) in [6, 6.07) is 0.171. The average molecular weight is 252 g/mol. The summed E-state index contributed by atoms with van der Waals surface area (Å²) in [4.78, 5) is 11.3. The van der Waals surface area contributed by atoms with Crippen molar-refractivity contribution < 1.29 is 18.3 Å². The molecular formula is C11H22F2N2O2. The van der Waals surface area contributed by atoms with Crippen LogP contribution in [0.2, 0.25) is 0 Å². The third-order valence-corrected chi connectivity index (χ3v) is 2.08. The average Bonchev–Trinajstić information content (AvgIpc) is 2.23. The molecule has 0 radical (unpaired) electrons. The first-order chi connectivity index (χ1) is 8.06. The Balaban J connectivity index is 3.33. The molecule has 102 valence electrons. The van der Waals surface area contributed by atoms with E-state index in [4.69, 9.17) is 0 Å². The number of carbonyl (C=O) groups excluding carboxylic acids is 1. The lowest BCUT2D eigenvalue weighted by Crippen LogP contribution is -2.39. The monoisotopic (exact) mass is 252 g/mol. The van der Waals surface area contributed by atoms with E-state index in [9.17, 15) is 13.6 Å². The first-order valence-corrected chi connectivity index (χ1v) is 5.92. The molecule has 0 saturated carbocycles. The Morgan fingerprint density at radius 1 is 1.41 bits per heavy atom. The molecule has 1 unspecified atom stereocenters. The van der Waals surface area contributed by atoms with Gasteiger partial charge in [0, 0.05) is 12.6 Å². The molecule has 0 aliphatic rings. The number of carbonyl (C=O) groups is 1. The second-order valence-electron chi connectivity index (χ2n) is 3.90. The molecule has 0 aliphatic carbocycles. The van der Waals surface area contributed by atoms with E-state index in [1.165, 1.54) is 0 Å². The molecule has 0 rings (SSSR count). The molecule has 0 fully saturated rings. The maximum absolute atomic E-state index is 11.7. The molecule has 6 heteroatoms.